The molecule has 0 amide bonds. The van der Waals surface area contributed by atoms with Gasteiger partial charge in [-0.05, 0) is 22.4 Å². The number of ketones is 1. The molecule has 0 aromatic carbocycles. The van der Waals surface area contributed by atoms with Crippen molar-refractivity contribution in [1.29, 1.82) is 0 Å². The summed E-state index contributed by atoms with van der Waals surface area (Å²) in [6.07, 6.45) is 1.22. The van der Waals surface area contributed by atoms with Gasteiger partial charge in [-0.25, -0.2) is 0 Å². The first-order valence-electron chi connectivity index (χ1n) is 5.77. The maximum absolute atomic E-state index is 12.1. The van der Waals surface area contributed by atoms with Crippen LogP contribution in [0, 0.1) is 5.41 Å². The first kappa shape index (κ1) is 14.4. The van der Waals surface area contributed by atoms with Gasteiger partial charge in [-0.3, -0.25) is 9.48 Å². The first-order valence-corrected chi connectivity index (χ1v) is 6.56. The Bertz CT molecular complexity index is 424. The van der Waals surface area contributed by atoms with Gasteiger partial charge in [0.15, 0.2) is 0 Å². The van der Waals surface area contributed by atoms with E-state index in [0.717, 1.165) is 22.3 Å². The summed E-state index contributed by atoms with van der Waals surface area (Å²) in [5.74, 6) is 0.145. The van der Waals surface area contributed by atoms with Gasteiger partial charge in [-0.2, -0.15) is 5.10 Å². The van der Waals surface area contributed by atoms with Gasteiger partial charge in [-0.1, -0.05) is 20.8 Å². The highest BCUT2D eigenvalue weighted by atomic mass is 79.9. The summed E-state index contributed by atoms with van der Waals surface area (Å²) in [6, 6.07) is 0. The molecule has 0 radical (unpaired) electrons. The minimum Gasteiger partial charge on any atom is -0.329 e. The van der Waals surface area contributed by atoms with Gasteiger partial charge in [0.1, 0.15) is 5.78 Å². The van der Waals surface area contributed by atoms with Crippen LogP contribution in [0.3, 0.4) is 0 Å². The number of aromatic nitrogens is 2. The first-order chi connectivity index (χ1) is 7.83. The minimum atomic E-state index is -0.476. The largest absolute Gasteiger partial charge is 0.329 e. The fourth-order valence-electron chi connectivity index (χ4n) is 1.52. The van der Waals surface area contributed by atoms with E-state index < -0.39 is 5.41 Å². The van der Waals surface area contributed by atoms with Crippen LogP contribution in [0.15, 0.2) is 4.47 Å². The van der Waals surface area contributed by atoms with Crippen molar-refractivity contribution in [3.8, 4) is 0 Å². The predicted octanol–water partition coefficient (Wildman–Crippen LogP) is 1.84. The number of hydrogen-bond donors (Lipinski definition) is 1. The van der Waals surface area contributed by atoms with Gasteiger partial charge in [0.25, 0.3) is 0 Å². The smallest absolute Gasteiger partial charge is 0.145 e. The molecule has 2 N–H and O–H groups in total. The number of rotatable bonds is 5. The second-order valence-corrected chi connectivity index (χ2v) is 5.67. The van der Waals surface area contributed by atoms with Gasteiger partial charge in [0.05, 0.1) is 22.3 Å². The standard InChI is InChI=1S/C12H20BrN3O/c1-5-8-11(13)9(16(4)15-8)6-10(17)12(2,3)7-14/h5-7,14H2,1-4H3. The molecule has 0 bridgehead atoms. The summed E-state index contributed by atoms with van der Waals surface area (Å²) in [6.45, 7) is 6.16. The van der Waals surface area contributed by atoms with Crippen LogP contribution in [0.5, 0.6) is 0 Å². The lowest BCUT2D eigenvalue weighted by Crippen LogP contribution is -2.34. The quantitative estimate of drug-likeness (QED) is 0.903. The van der Waals surface area contributed by atoms with Crippen molar-refractivity contribution in [2.75, 3.05) is 6.54 Å². The second-order valence-electron chi connectivity index (χ2n) is 4.87. The summed E-state index contributed by atoms with van der Waals surface area (Å²) in [5.41, 5.74) is 7.05. The van der Waals surface area contributed by atoms with E-state index in [-0.39, 0.29) is 5.78 Å². The zero-order valence-corrected chi connectivity index (χ0v) is 12.5. The summed E-state index contributed by atoms with van der Waals surface area (Å²) in [7, 11) is 1.86. The molecule has 17 heavy (non-hydrogen) atoms. The van der Waals surface area contributed by atoms with Gasteiger partial charge >= 0.3 is 0 Å². The Morgan fingerprint density at radius 3 is 2.53 bits per heavy atom. The molecule has 1 aromatic heterocycles. The number of carbonyl (C=O) groups is 1. The molecule has 0 saturated heterocycles. The number of nitrogens with two attached hydrogens (primary N) is 1. The van der Waals surface area contributed by atoms with E-state index in [0.29, 0.717) is 13.0 Å². The van der Waals surface area contributed by atoms with Gasteiger partial charge in [-0.15, -0.1) is 0 Å². The third-order valence-corrected chi connectivity index (χ3v) is 4.01. The van der Waals surface area contributed by atoms with E-state index in [4.69, 9.17) is 5.73 Å². The van der Waals surface area contributed by atoms with Crippen molar-refractivity contribution < 1.29 is 4.79 Å². The Labute approximate surface area is 111 Å². The van der Waals surface area contributed by atoms with Crippen LogP contribution in [0.25, 0.3) is 0 Å². The minimum absolute atomic E-state index is 0.145. The van der Waals surface area contributed by atoms with Gasteiger partial charge in [0.2, 0.25) is 0 Å². The lowest BCUT2D eigenvalue weighted by atomic mass is 9.86. The molecule has 0 aliphatic carbocycles. The molecule has 0 aliphatic heterocycles. The molecule has 4 nitrogen and oxygen atoms in total. The summed E-state index contributed by atoms with van der Waals surface area (Å²) in [5, 5.41) is 4.38. The molecular formula is C12H20BrN3O. The Kier molecular flexibility index (Phi) is 4.49. The van der Waals surface area contributed by atoms with E-state index in [1.54, 1.807) is 4.68 Å². The molecule has 5 heteroatoms. The van der Waals surface area contributed by atoms with Crippen LogP contribution in [0.4, 0.5) is 0 Å². The average Bonchev–Trinajstić information content (AvgIpc) is 2.56. The van der Waals surface area contributed by atoms with E-state index in [1.165, 1.54) is 0 Å². The molecule has 1 rings (SSSR count). The van der Waals surface area contributed by atoms with E-state index in [2.05, 4.69) is 21.0 Å². The molecule has 0 fully saturated rings. The molecular weight excluding hydrogens is 282 g/mol. The number of aryl methyl sites for hydroxylation is 2. The highest BCUT2D eigenvalue weighted by Gasteiger charge is 2.27. The Hall–Kier alpha value is -0.680. The zero-order chi connectivity index (χ0) is 13.2. The normalized spacial score (nSPS) is 11.9. The van der Waals surface area contributed by atoms with E-state index >= 15 is 0 Å². The van der Waals surface area contributed by atoms with Gasteiger partial charge in [0, 0.05) is 19.0 Å². The summed E-state index contributed by atoms with van der Waals surface area (Å²) >= 11 is 3.51. The number of hydrogen-bond acceptors (Lipinski definition) is 3. The van der Waals surface area contributed by atoms with E-state index in [9.17, 15) is 4.79 Å². The SMILES string of the molecule is CCc1nn(C)c(CC(=O)C(C)(C)CN)c1Br. The van der Waals surface area contributed by atoms with E-state index in [1.807, 2.05) is 27.8 Å². The molecule has 0 saturated carbocycles. The highest BCUT2D eigenvalue weighted by molar-refractivity contribution is 9.10. The van der Waals surface area contributed by atoms with Crippen molar-refractivity contribution in [2.45, 2.75) is 33.6 Å². The van der Waals surface area contributed by atoms with Crippen LogP contribution in [-0.4, -0.2) is 22.1 Å². The van der Waals surface area contributed by atoms with Crippen LogP contribution in [0.2, 0.25) is 0 Å². The zero-order valence-electron chi connectivity index (χ0n) is 10.9. The van der Waals surface area contributed by atoms with Crippen molar-refractivity contribution in [2.24, 2.45) is 18.2 Å². The van der Waals surface area contributed by atoms with Crippen LogP contribution in [0.1, 0.15) is 32.2 Å². The second kappa shape index (κ2) is 5.31. The highest BCUT2D eigenvalue weighted by Crippen LogP contribution is 2.25. The number of Topliss-reactive ketones (excluding diaryl/α,β-unsaturated/α-hetero) is 1. The molecule has 0 unspecified atom stereocenters. The third kappa shape index (κ3) is 2.96. The molecule has 0 atom stereocenters. The number of carbonyl (C=O) groups excluding carboxylic acids is 1. The maximum Gasteiger partial charge on any atom is 0.145 e. The van der Waals surface area contributed by atoms with Crippen LogP contribution >= 0.6 is 15.9 Å². The van der Waals surface area contributed by atoms with Gasteiger partial charge < -0.3 is 5.73 Å². The predicted molar refractivity (Wildman–Crippen MR) is 71.8 cm³/mol. The number of halogens is 1. The monoisotopic (exact) mass is 301 g/mol. The molecule has 96 valence electrons. The van der Waals surface area contributed by atoms with Crippen molar-refractivity contribution >= 4 is 21.7 Å². The third-order valence-electron chi connectivity index (χ3n) is 3.10. The molecule has 0 spiro atoms. The Balaban J connectivity index is 2.97. The van der Waals surface area contributed by atoms with Crippen molar-refractivity contribution in [3.05, 3.63) is 15.9 Å². The molecule has 0 aliphatic rings. The average molecular weight is 302 g/mol. The van der Waals surface area contributed by atoms with Crippen LogP contribution < -0.4 is 5.73 Å². The lowest BCUT2D eigenvalue weighted by Gasteiger charge is -2.20. The topological polar surface area (TPSA) is 60.9 Å². The maximum atomic E-state index is 12.1. The fraction of sp³-hybridized carbons (Fsp3) is 0.667. The fourth-order valence-corrected chi connectivity index (χ4v) is 2.27. The molecule has 1 aromatic rings. The number of nitrogens with zero attached hydrogens (tertiary/aromatic N) is 2. The summed E-state index contributed by atoms with van der Waals surface area (Å²) < 4.78 is 2.72. The van der Waals surface area contributed by atoms with Crippen molar-refractivity contribution in [3.63, 3.8) is 0 Å². The summed E-state index contributed by atoms with van der Waals surface area (Å²) in [4.78, 5) is 12.1. The Morgan fingerprint density at radius 1 is 1.53 bits per heavy atom. The lowest BCUT2D eigenvalue weighted by molar-refractivity contribution is -0.126. The van der Waals surface area contributed by atoms with Crippen LogP contribution in [-0.2, 0) is 24.7 Å². The molecule has 1 heterocycles. The Morgan fingerprint density at radius 2 is 2.12 bits per heavy atom. The van der Waals surface area contributed by atoms with Crippen molar-refractivity contribution in [1.82, 2.24) is 9.78 Å².